The highest BCUT2D eigenvalue weighted by Crippen LogP contribution is 2.24. The van der Waals surface area contributed by atoms with Crippen molar-refractivity contribution in [3.63, 3.8) is 0 Å². The second-order valence-corrected chi connectivity index (χ2v) is 6.07. The predicted molar refractivity (Wildman–Crippen MR) is 98.8 cm³/mol. The minimum atomic E-state index is 0.230. The molecule has 0 amide bonds. The highest BCUT2D eigenvalue weighted by molar-refractivity contribution is 6.30. The second kappa shape index (κ2) is 7.27. The number of halogens is 1. The van der Waals surface area contributed by atoms with Crippen molar-refractivity contribution in [1.82, 2.24) is 15.0 Å². The zero-order chi connectivity index (χ0) is 16.9. The molecule has 5 nitrogen and oxygen atoms in total. The predicted octanol–water partition coefficient (Wildman–Crippen LogP) is 4.76. The molecule has 0 aliphatic heterocycles. The summed E-state index contributed by atoms with van der Waals surface area (Å²) in [6.07, 6.45) is 3.52. The molecule has 0 fully saturated rings. The number of rotatable bonds is 5. The molecule has 0 saturated heterocycles. The Balaban J connectivity index is 1.98. The van der Waals surface area contributed by atoms with E-state index in [1.165, 1.54) is 0 Å². The normalized spacial score (nSPS) is 10.7. The van der Waals surface area contributed by atoms with Crippen molar-refractivity contribution in [1.29, 1.82) is 0 Å². The number of nitrogens with zero attached hydrogens (tertiary/aromatic N) is 3. The van der Waals surface area contributed by atoms with Crippen LogP contribution in [0.4, 0.5) is 17.5 Å². The van der Waals surface area contributed by atoms with E-state index >= 15 is 0 Å². The molecule has 0 unspecified atom stereocenters. The van der Waals surface area contributed by atoms with E-state index < -0.39 is 0 Å². The van der Waals surface area contributed by atoms with Gasteiger partial charge in [-0.1, -0.05) is 17.7 Å². The van der Waals surface area contributed by atoms with Crippen molar-refractivity contribution in [2.24, 2.45) is 0 Å². The van der Waals surface area contributed by atoms with Gasteiger partial charge in [0.1, 0.15) is 5.82 Å². The Hall–Kier alpha value is -2.66. The smallest absolute Gasteiger partial charge is 0.225 e. The van der Waals surface area contributed by atoms with E-state index in [1.807, 2.05) is 56.3 Å². The van der Waals surface area contributed by atoms with Crippen molar-refractivity contribution < 1.29 is 0 Å². The molecule has 3 aromatic rings. The Bertz CT molecular complexity index is 821. The Labute approximate surface area is 146 Å². The van der Waals surface area contributed by atoms with Crippen LogP contribution in [0.1, 0.15) is 13.8 Å². The average Bonchev–Trinajstić information content (AvgIpc) is 2.55. The van der Waals surface area contributed by atoms with Crippen LogP contribution in [0, 0.1) is 0 Å². The number of benzene rings is 1. The van der Waals surface area contributed by atoms with Crippen molar-refractivity contribution in [3.8, 4) is 11.3 Å². The van der Waals surface area contributed by atoms with E-state index in [0.717, 1.165) is 16.9 Å². The summed E-state index contributed by atoms with van der Waals surface area (Å²) in [6.45, 7) is 4.09. The first kappa shape index (κ1) is 16.2. The molecule has 0 aliphatic carbocycles. The zero-order valence-electron chi connectivity index (χ0n) is 13.5. The van der Waals surface area contributed by atoms with E-state index in [2.05, 4.69) is 25.6 Å². The minimum absolute atomic E-state index is 0.230. The van der Waals surface area contributed by atoms with Crippen LogP contribution in [0.25, 0.3) is 11.3 Å². The molecule has 122 valence electrons. The van der Waals surface area contributed by atoms with Gasteiger partial charge in [0.25, 0.3) is 0 Å². The number of anilines is 3. The molecule has 0 bridgehead atoms. The SMILES string of the molecule is CC(C)Nc1nc(Nc2cccc(Cl)c2)cc(-c2cccnc2)n1. The fraction of sp³-hybridized carbons (Fsp3) is 0.167. The maximum atomic E-state index is 6.04. The molecule has 3 rings (SSSR count). The maximum absolute atomic E-state index is 6.04. The Morgan fingerprint density at radius 1 is 1.04 bits per heavy atom. The van der Waals surface area contributed by atoms with Gasteiger partial charge in [-0.15, -0.1) is 0 Å². The van der Waals surface area contributed by atoms with Gasteiger partial charge in [-0.2, -0.15) is 4.98 Å². The van der Waals surface area contributed by atoms with Crippen LogP contribution in [0.3, 0.4) is 0 Å². The molecule has 0 radical (unpaired) electrons. The van der Waals surface area contributed by atoms with E-state index in [4.69, 9.17) is 11.6 Å². The van der Waals surface area contributed by atoms with Crippen LogP contribution in [0.15, 0.2) is 54.9 Å². The van der Waals surface area contributed by atoms with Gasteiger partial charge in [0.05, 0.1) is 5.69 Å². The molecule has 2 N–H and O–H groups in total. The number of pyridine rings is 1. The lowest BCUT2D eigenvalue weighted by atomic mass is 10.2. The Morgan fingerprint density at radius 2 is 1.92 bits per heavy atom. The van der Waals surface area contributed by atoms with Crippen LogP contribution in [0.5, 0.6) is 0 Å². The Morgan fingerprint density at radius 3 is 2.62 bits per heavy atom. The summed E-state index contributed by atoms with van der Waals surface area (Å²) in [5.74, 6) is 1.25. The fourth-order valence-corrected chi connectivity index (χ4v) is 2.40. The van der Waals surface area contributed by atoms with Crippen LogP contribution < -0.4 is 10.6 Å². The molecular formula is C18H18ClN5. The molecule has 2 aromatic heterocycles. The summed E-state index contributed by atoms with van der Waals surface area (Å²) in [6, 6.07) is 13.5. The molecule has 1 aromatic carbocycles. The zero-order valence-corrected chi connectivity index (χ0v) is 14.2. The minimum Gasteiger partial charge on any atom is -0.352 e. The average molecular weight is 340 g/mol. The van der Waals surface area contributed by atoms with E-state index in [0.29, 0.717) is 16.8 Å². The number of aromatic nitrogens is 3. The number of hydrogen-bond acceptors (Lipinski definition) is 5. The van der Waals surface area contributed by atoms with Gasteiger partial charge >= 0.3 is 0 Å². The second-order valence-electron chi connectivity index (χ2n) is 5.64. The molecule has 6 heteroatoms. The third-order valence-corrected chi connectivity index (χ3v) is 3.43. The molecule has 0 saturated carbocycles. The summed E-state index contributed by atoms with van der Waals surface area (Å²) in [4.78, 5) is 13.3. The van der Waals surface area contributed by atoms with Crippen molar-refractivity contribution in [3.05, 3.63) is 59.9 Å². The standard InChI is InChI=1S/C18H18ClN5/c1-12(2)21-18-23-16(13-5-4-8-20-11-13)10-17(24-18)22-15-7-3-6-14(19)9-15/h3-12H,1-2H3,(H2,21,22,23,24). The fourth-order valence-electron chi connectivity index (χ4n) is 2.21. The first-order valence-electron chi connectivity index (χ1n) is 7.69. The molecule has 0 atom stereocenters. The summed E-state index contributed by atoms with van der Waals surface area (Å²) < 4.78 is 0. The highest BCUT2D eigenvalue weighted by Gasteiger charge is 2.08. The van der Waals surface area contributed by atoms with Gasteiger partial charge in [-0.25, -0.2) is 4.98 Å². The third-order valence-electron chi connectivity index (χ3n) is 3.20. The lowest BCUT2D eigenvalue weighted by Crippen LogP contribution is -2.13. The van der Waals surface area contributed by atoms with Gasteiger partial charge in [0.15, 0.2) is 0 Å². The van der Waals surface area contributed by atoms with Crippen LogP contribution in [-0.2, 0) is 0 Å². The molecule has 0 aliphatic rings. The van der Waals surface area contributed by atoms with Gasteiger partial charge in [-0.05, 0) is 44.2 Å². The van der Waals surface area contributed by atoms with Gasteiger partial charge in [-0.3, -0.25) is 4.98 Å². The summed E-state index contributed by atoms with van der Waals surface area (Å²) >= 11 is 6.04. The first-order chi connectivity index (χ1) is 11.6. The van der Waals surface area contributed by atoms with Gasteiger partial charge in [0, 0.05) is 40.8 Å². The third kappa shape index (κ3) is 4.20. The molecule has 2 heterocycles. The van der Waals surface area contributed by atoms with Crippen LogP contribution >= 0.6 is 11.6 Å². The van der Waals surface area contributed by atoms with Crippen LogP contribution in [-0.4, -0.2) is 21.0 Å². The summed E-state index contributed by atoms with van der Waals surface area (Å²) in [7, 11) is 0. The van der Waals surface area contributed by atoms with E-state index in [-0.39, 0.29) is 6.04 Å². The van der Waals surface area contributed by atoms with E-state index in [1.54, 1.807) is 12.4 Å². The topological polar surface area (TPSA) is 62.7 Å². The molecule has 0 spiro atoms. The largest absolute Gasteiger partial charge is 0.352 e. The first-order valence-corrected chi connectivity index (χ1v) is 8.06. The summed E-state index contributed by atoms with van der Waals surface area (Å²) in [5, 5.41) is 7.18. The number of hydrogen-bond donors (Lipinski definition) is 2. The monoisotopic (exact) mass is 339 g/mol. The lowest BCUT2D eigenvalue weighted by Gasteiger charge is -2.13. The summed E-state index contributed by atoms with van der Waals surface area (Å²) in [5.41, 5.74) is 2.60. The highest BCUT2D eigenvalue weighted by atomic mass is 35.5. The lowest BCUT2D eigenvalue weighted by molar-refractivity contribution is 0.876. The van der Waals surface area contributed by atoms with Crippen molar-refractivity contribution in [2.75, 3.05) is 10.6 Å². The van der Waals surface area contributed by atoms with Crippen LogP contribution in [0.2, 0.25) is 5.02 Å². The van der Waals surface area contributed by atoms with Gasteiger partial charge < -0.3 is 10.6 Å². The van der Waals surface area contributed by atoms with Crippen molar-refractivity contribution >= 4 is 29.1 Å². The maximum Gasteiger partial charge on any atom is 0.225 e. The quantitative estimate of drug-likeness (QED) is 0.702. The Kier molecular flexibility index (Phi) is 4.91. The van der Waals surface area contributed by atoms with E-state index in [9.17, 15) is 0 Å². The van der Waals surface area contributed by atoms with Gasteiger partial charge in [0.2, 0.25) is 5.95 Å². The number of nitrogens with one attached hydrogen (secondary N) is 2. The molecule has 24 heavy (non-hydrogen) atoms. The van der Waals surface area contributed by atoms with Crippen molar-refractivity contribution in [2.45, 2.75) is 19.9 Å². The molecular weight excluding hydrogens is 322 g/mol.